The number of aryl methyl sites for hydroxylation is 1. The van der Waals surface area contributed by atoms with E-state index >= 15 is 0 Å². The Morgan fingerprint density at radius 3 is 2.67 bits per heavy atom. The number of nitrogens with zero attached hydrogens (tertiary/aromatic N) is 2. The second kappa shape index (κ2) is 5.96. The summed E-state index contributed by atoms with van der Waals surface area (Å²) in [6.07, 6.45) is 2.20. The molecular weight excluding hydrogens is 288 g/mol. The summed E-state index contributed by atoms with van der Waals surface area (Å²) in [6.45, 7) is 3.50. The van der Waals surface area contributed by atoms with Gasteiger partial charge in [0.05, 0.1) is 22.6 Å². The van der Waals surface area contributed by atoms with E-state index in [2.05, 4.69) is 0 Å². The molecule has 1 unspecified atom stereocenters. The second-order valence-corrected chi connectivity index (χ2v) is 7.22. The van der Waals surface area contributed by atoms with Crippen LogP contribution in [0.2, 0.25) is 0 Å². The molecule has 21 heavy (non-hydrogen) atoms. The maximum Gasteiger partial charge on any atom is 0.243 e. The molecule has 1 aliphatic heterocycles. The Bertz CT molecular complexity index is 704. The largest absolute Gasteiger partial charge is 0.298 e. The predicted molar refractivity (Wildman–Crippen MR) is 78.1 cm³/mol. The molecule has 1 heterocycles. The van der Waals surface area contributed by atoms with Crippen molar-refractivity contribution < 1.29 is 13.2 Å². The van der Waals surface area contributed by atoms with E-state index in [0.29, 0.717) is 24.1 Å². The van der Waals surface area contributed by atoms with E-state index in [0.717, 1.165) is 12.8 Å². The Balaban J connectivity index is 2.43. The van der Waals surface area contributed by atoms with Gasteiger partial charge in [-0.2, -0.15) is 9.57 Å². The van der Waals surface area contributed by atoms with Crippen LogP contribution in [0.5, 0.6) is 0 Å². The minimum atomic E-state index is -3.70. The molecule has 0 aliphatic carbocycles. The number of rotatable bonds is 3. The van der Waals surface area contributed by atoms with Crippen LogP contribution in [0.1, 0.15) is 37.3 Å². The number of nitriles is 1. The maximum atomic E-state index is 12.7. The number of hydrogen-bond acceptors (Lipinski definition) is 4. The lowest BCUT2D eigenvalue weighted by Crippen LogP contribution is -2.47. The zero-order valence-corrected chi connectivity index (χ0v) is 13.0. The van der Waals surface area contributed by atoms with E-state index in [9.17, 15) is 13.2 Å². The summed E-state index contributed by atoms with van der Waals surface area (Å²) in [5.41, 5.74) is 1.07. The SMILES string of the molecule is CC(=O)C1CCCCN1S(=O)(=O)c1ccc(C#N)c(C)c1. The van der Waals surface area contributed by atoms with Gasteiger partial charge in [0.2, 0.25) is 10.0 Å². The van der Waals surface area contributed by atoms with Gasteiger partial charge in [0.15, 0.2) is 0 Å². The van der Waals surface area contributed by atoms with Gasteiger partial charge in [-0.25, -0.2) is 8.42 Å². The van der Waals surface area contributed by atoms with Crippen molar-refractivity contribution in [1.29, 1.82) is 5.26 Å². The van der Waals surface area contributed by atoms with Crippen LogP contribution in [0.15, 0.2) is 23.1 Å². The van der Waals surface area contributed by atoms with Crippen LogP contribution < -0.4 is 0 Å². The van der Waals surface area contributed by atoms with E-state index in [1.165, 1.54) is 29.4 Å². The first-order valence-electron chi connectivity index (χ1n) is 6.91. The molecule has 0 saturated carbocycles. The number of Topliss-reactive ketones (excluding diaryl/α,β-unsaturated/α-hetero) is 1. The molecule has 0 aromatic heterocycles. The third kappa shape index (κ3) is 2.99. The zero-order chi connectivity index (χ0) is 15.6. The lowest BCUT2D eigenvalue weighted by molar-refractivity contribution is -0.121. The smallest absolute Gasteiger partial charge is 0.243 e. The molecule has 1 aliphatic rings. The van der Waals surface area contributed by atoms with Crippen molar-refractivity contribution in [1.82, 2.24) is 4.31 Å². The van der Waals surface area contributed by atoms with Crippen LogP contribution in [0.4, 0.5) is 0 Å². The molecule has 0 radical (unpaired) electrons. The maximum absolute atomic E-state index is 12.7. The standard InChI is InChI=1S/C15H18N2O3S/c1-11-9-14(7-6-13(11)10-16)21(19,20)17-8-4-3-5-15(17)12(2)18/h6-7,9,15H,3-5,8H2,1-2H3. The summed E-state index contributed by atoms with van der Waals surface area (Å²) >= 11 is 0. The predicted octanol–water partition coefficient (Wildman–Crippen LogP) is 2.00. The monoisotopic (exact) mass is 306 g/mol. The van der Waals surface area contributed by atoms with Gasteiger partial charge in [-0.1, -0.05) is 6.42 Å². The van der Waals surface area contributed by atoms with Crippen molar-refractivity contribution in [2.75, 3.05) is 6.54 Å². The van der Waals surface area contributed by atoms with Gasteiger partial charge in [0.25, 0.3) is 0 Å². The minimum absolute atomic E-state index is 0.122. The number of carbonyl (C=O) groups is 1. The van der Waals surface area contributed by atoms with Gasteiger partial charge < -0.3 is 0 Å². The van der Waals surface area contributed by atoms with Crippen molar-refractivity contribution in [3.05, 3.63) is 29.3 Å². The van der Waals surface area contributed by atoms with Crippen molar-refractivity contribution in [3.8, 4) is 6.07 Å². The van der Waals surface area contributed by atoms with E-state index in [4.69, 9.17) is 5.26 Å². The summed E-state index contributed by atoms with van der Waals surface area (Å²) < 4.78 is 26.8. The minimum Gasteiger partial charge on any atom is -0.298 e. The summed E-state index contributed by atoms with van der Waals surface area (Å²) in [7, 11) is -3.70. The van der Waals surface area contributed by atoms with Crippen LogP contribution in [-0.4, -0.2) is 31.1 Å². The van der Waals surface area contributed by atoms with E-state index in [-0.39, 0.29) is 10.7 Å². The molecule has 0 spiro atoms. The Morgan fingerprint density at radius 2 is 2.10 bits per heavy atom. The van der Waals surface area contributed by atoms with Gasteiger partial charge in [-0.3, -0.25) is 4.79 Å². The summed E-state index contributed by atoms with van der Waals surface area (Å²) in [6, 6.07) is 5.89. The third-order valence-corrected chi connectivity index (χ3v) is 5.75. The first-order chi connectivity index (χ1) is 9.87. The summed E-state index contributed by atoms with van der Waals surface area (Å²) in [4.78, 5) is 11.9. The third-order valence-electron chi connectivity index (χ3n) is 3.85. The van der Waals surface area contributed by atoms with E-state index < -0.39 is 16.1 Å². The van der Waals surface area contributed by atoms with Gasteiger partial charge in [0, 0.05) is 6.54 Å². The Hall–Kier alpha value is -1.71. The van der Waals surface area contributed by atoms with Crippen molar-refractivity contribution >= 4 is 15.8 Å². The zero-order valence-electron chi connectivity index (χ0n) is 12.2. The van der Waals surface area contributed by atoms with E-state index in [1.54, 1.807) is 6.92 Å². The molecule has 2 rings (SSSR count). The quantitative estimate of drug-likeness (QED) is 0.855. The Morgan fingerprint density at radius 1 is 1.38 bits per heavy atom. The summed E-state index contributed by atoms with van der Waals surface area (Å²) in [5, 5.41) is 8.92. The molecule has 5 nitrogen and oxygen atoms in total. The molecular formula is C15H18N2O3S. The lowest BCUT2D eigenvalue weighted by Gasteiger charge is -2.33. The fourth-order valence-electron chi connectivity index (χ4n) is 2.66. The average Bonchev–Trinajstić information content (AvgIpc) is 2.47. The van der Waals surface area contributed by atoms with Gasteiger partial charge >= 0.3 is 0 Å². The molecule has 0 amide bonds. The molecule has 0 N–H and O–H groups in total. The fourth-order valence-corrected chi connectivity index (χ4v) is 4.45. The fraction of sp³-hybridized carbons (Fsp3) is 0.467. The molecule has 1 atom stereocenters. The highest BCUT2D eigenvalue weighted by atomic mass is 32.2. The van der Waals surface area contributed by atoms with E-state index in [1.807, 2.05) is 6.07 Å². The Kier molecular flexibility index (Phi) is 4.45. The second-order valence-electron chi connectivity index (χ2n) is 5.33. The number of ketones is 1. The average molecular weight is 306 g/mol. The first-order valence-corrected chi connectivity index (χ1v) is 8.35. The van der Waals surface area contributed by atoms with Gasteiger partial charge in [-0.15, -0.1) is 0 Å². The van der Waals surface area contributed by atoms with Crippen LogP contribution in [0.25, 0.3) is 0 Å². The van der Waals surface area contributed by atoms with Crippen molar-refractivity contribution in [2.24, 2.45) is 0 Å². The van der Waals surface area contributed by atoms with Gasteiger partial charge in [-0.05, 0) is 50.5 Å². The lowest BCUT2D eigenvalue weighted by atomic mass is 10.0. The molecule has 112 valence electrons. The number of piperidine rings is 1. The molecule has 0 bridgehead atoms. The van der Waals surface area contributed by atoms with Crippen LogP contribution in [-0.2, 0) is 14.8 Å². The van der Waals surface area contributed by atoms with Crippen LogP contribution >= 0.6 is 0 Å². The van der Waals surface area contributed by atoms with Crippen molar-refractivity contribution in [2.45, 2.75) is 44.0 Å². The highest BCUT2D eigenvalue weighted by Crippen LogP contribution is 2.26. The molecule has 6 heteroatoms. The highest BCUT2D eigenvalue weighted by molar-refractivity contribution is 7.89. The highest BCUT2D eigenvalue weighted by Gasteiger charge is 2.35. The normalized spacial score (nSPS) is 20.0. The molecule has 1 aromatic rings. The molecule has 1 saturated heterocycles. The molecule has 1 fully saturated rings. The number of hydrogen-bond donors (Lipinski definition) is 0. The topological polar surface area (TPSA) is 78.2 Å². The number of sulfonamides is 1. The number of benzene rings is 1. The van der Waals surface area contributed by atoms with Gasteiger partial charge in [0.1, 0.15) is 5.78 Å². The summed E-state index contributed by atoms with van der Waals surface area (Å²) in [5.74, 6) is -0.122. The van der Waals surface area contributed by atoms with Crippen LogP contribution in [0, 0.1) is 18.3 Å². The number of carbonyl (C=O) groups excluding carboxylic acids is 1. The molecule has 1 aromatic carbocycles. The Labute approximate surface area is 125 Å². The first kappa shape index (κ1) is 15.7. The van der Waals surface area contributed by atoms with Crippen molar-refractivity contribution in [3.63, 3.8) is 0 Å². The van der Waals surface area contributed by atoms with Crippen LogP contribution in [0.3, 0.4) is 0 Å².